The summed E-state index contributed by atoms with van der Waals surface area (Å²) in [4.78, 5) is 23.5. The number of nitrogens with one attached hydrogen (secondary N) is 2. The van der Waals surface area contributed by atoms with Gasteiger partial charge in [-0.1, -0.05) is 5.16 Å². The molecule has 16 heavy (non-hydrogen) atoms. The molecule has 0 saturated heterocycles. The predicted octanol–water partition coefficient (Wildman–Crippen LogP) is -1.49. The van der Waals surface area contributed by atoms with Gasteiger partial charge in [0.25, 0.3) is 0 Å². The van der Waals surface area contributed by atoms with E-state index in [2.05, 4.69) is 15.8 Å². The van der Waals surface area contributed by atoms with E-state index in [0.717, 1.165) is 0 Å². The maximum Gasteiger partial charge on any atom is 0.316 e. The Balaban J connectivity index is 3.60. The molecular formula is C8H17N5O3. The van der Waals surface area contributed by atoms with Crippen molar-refractivity contribution in [3.05, 3.63) is 0 Å². The highest BCUT2D eigenvalue weighted by Gasteiger charge is 2.05. The van der Waals surface area contributed by atoms with Crippen LogP contribution in [0.4, 0.5) is 4.79 Å². The lowest BCUT2D eigenvalue weighted by Crippen LogP contribution is -2.40. The molecule has 0 rings (SSSR count). The van der Waals surface area contributed by atoms with Crippen molar-refractivity contribution in [3.8, 4) is 0 Å². The van der Waals surface area contributed by atoms with E-state index in [-0.39, 0.29) is 30.7 Å². The van der Waals surface area contributed by atoms with Gasteiger partial charge >= 0.3 is 6.03 Å². The first kappa shape index (κ1) is 14.0. The van der Waals surface area contributed by atoms with Gasteiger partial charge in [0.05, 0.1) is 6.42 Å². The van der Waals surface area contributed by atoms with E-state index in [4.69, 9.17) is 10.9 Å². The van der Waals surface area contributed by atoms with Gasteiger partial charge in [0, 0.05) is 27.2 Å². The lowest BCUT2D eigenvalue weighted by Gasteiger charge is -2.12. The van der Waals surface area contributed by atoms with E-state index < -0.39 is 0 Å². The fourth-order valence-electron chi connectivity index (χ4n) is 0.792. The minimum atomic E-state index is -0.366. The van der Waals surface area contributed by atoms with Crippen LogP contribution in [0.5, 0.6) is 0 Å². The number of hydrogen-bond donors (Lipinski definition) is 4. The van der Waals surface area contributed by atoms with Crippen LogP contribution >= 0.6 is 0 Å². The summed E-state index contributed by atoms with van der Waals surface area (Å²) in [6.45, 7) is 0.607. The standard InChI is InChI=1S/C8H17N5O3/c1-13(2)8(15)11-4-3-10-7(14)5-6(9)12-16/h16H,3-5H2,1-2H3,(H2,9,12)(H,10,14)(H,11,15). The van der Waals surface area contributed by atoms with Crippen LogP contribution in [0, 0.1) is 0 Å². The van der Waals surface area contributed by atoms with Crippen molar-refractivity contribution in [1.29, 1.82) is 0 Å². The van der Waals surface area contributed by atoms with Crippen molar-refractivity contribution in [2.45, 2.75) is 6.42 Å². The maximum absolute atomic E-state index is 11.1. The number of carbonyl (C=O) groups is 2. The molecule has 0 aromatic rings. The first-order valence-corrected chi connectivity index (χ1v) is 4.65. The number of amides is 3. The van der Waals surface area contributed by atoms with E-state index >= 15 is 0 Å². The summed E-state index contributed by atoms with van der Waals surface area (Å²) in [6, 6.07) is -0.231. The third-order valence-electron chi connectivity index (χ3n) is 1.60. The van der Waals surface area contributed by atoms with Crippen LogP contribution in [0.1, 0.15) is 6.42 Å². The molecule has 0 aliphatic rings. The Morgan fingerprint density at radius 3 is 2.38 bits per heavy atom. The second-order valence-corrected chi connectivity index (χ2v) is 3.24. The molecule has 0 aromatic heterocycles. The summed E-state index contributed by atoms with van der Waals surface area (Å²) >= 11 is 0. The van der Waals surface area contributed by atoms with Gasteiger partial charge < -0.3 is 26.5 Å². The Morgan fingerprint density at radius 1 is 1.31 bits per heavy atom. The van der Waals surface area contributed by atoms with Crippen LogP contribution in [0.25, 0.3) is 0 Å². The Labute approximate surface area is 93.5 Å². The van der Waals surface area contributed by atoms with Gasteiger partial charge in [-0.3, -0.25) is 4.79 Å². The number of amidine groups is 1. The number of hydrogen-bond acceptors (Lipinski definition) is 4. The van der Waals surface area contributed by atoms with E-state index in [1.54, 1.807) is 14.1 Å². The maximum atomic E-state index is 11.1. The van der Waals surface area contributed by atoms with Crippen molar-refractivity contribution >= 4 is 17.8 Å². The highest BCUT2D eigenvalue weighted by molar-refractivity contribution is 5.98. The highest BCUT2D eigenvalue weighted by atomic mass is 16.4. The van der Waals surface area contributed by atoms with Gasteiger partial charge in [0.15, 0.2) is 0 Å². The Bertz CT molecular complexity index is 277. The number of oxime groups is 1. The number of urea groups is 1. The van der Waals surface area contributed by atoms with E-state index in [1.807, 2.05) is 0 Å². The summed E-state index contributed by atoms with van der Waals surface area (Å²) in [7, 11) is 3.23. The summed E-state index contributed by atoms with van der Waals surface area (Å²) in [5.41, 5.74) is 5.13. The monoisotopic (exact) mass is 231 g/mol. The average molecular weight is 231 g/mol. The second kappa shape index (κ2) is 7.32. The molecule has 0 saturated carbocycles. The minimum Gasteiger partial charge on any atom is -0.409 e. The zero-order valence-corrected chi connectivity index (χ0v) is 9.36. The molecule has 0 heterocycles. The van der Waals surface area contributed by atoms with Crippen molar-refractivity contribution in [3.63, 3.8) is 0 Å². The molecule has 5 N–H and O–H groups in total. The molecule has 0 fully saturated rings. The van der Waals surface area contributed by atoms with Crippen molar-refractivity contribution < 1.29 is 14.8 Å². The molecule has 3 amide bonds. The molecule has 92 valence electrons. The number of rotatable bonds is 5. The number of nitrogens with two attached hydrogens (primary N) is 1. The van der Waals surface area contributed by atoms with Crippen LogP contribution in [-0.2, 0) is 4.79 Å². The van der Waals surface area contributed by atoms with Gasteiger partial charge in [0.2, 0.25) is 5.91 Å². The molecule has 0 atom stereocenters. The van der Waals surface area contributed by atoms with Crippen LogP contribution in [0.15, 0.2) is 5.16 Å². The Kier molecular flexibility index (Phi) is 6.41. The SMILES string of the molecule is CN(C)C(=O)NCCNC(=O)CC(N)=NO. The van der Waals surface area contributed by atoms with Crippen molar-refractivity contribution in [1.82, 2.24) is 15.5 Å². The summed E-state index contributed by atoms with van der Waals surface area (Å²) in [5.74, 6) is -0.524. The van der Waals surface area contributed by atoms with Gasteiger partial charge in [-0.2, -0.15) is 0 Å². The van der Waals surface area contributed by atoms with Crippen LogP contribution in [0.3, 0.4) is 0 Å². The summed E-state index contributed by atoms with van der Waals surface area (Å²) < 4.78 is 0. The fraction of sp³-hybridized carbons (Fsp3) is 0.625. The highest BCUT2D eigenvalue weighted by Crippen LogP contribution is 1.79. The second-order valence-electron chi connectivity index (χ2n) is 3.24. The topological polar surface area (TPSA) is 120 Å². The number of nitrogens with zero attached hydrogens (tertiary/aromatic N) is 2. The summed E-state index contributed by atoms with van der Waals surface area (Å²) in [6.07, 6.45) is -0.169. The Hall–Kier alpha value is -1.99. The van der Waals surface area contributed by atoms with E-state index in [9.17, 15) is 9.59 Å². The zero-order valence-electron chi connectivity index (χ0n) is 9.36. The minimum absolute atomic E-state index is 0.158. The van der Waals surface area contributed by atoms with E-state index in [0.29, 0.717) is 6.54 Å². The molecule has 8 heteroatoms. The van der Waals surface area contributed by atoms with Crippen LogP contribution in [-0.4, -0.2) is 55.1 Å². The molecular weight excluding hydrogens is 214 g/mol. The molecule has 8 nitrogen and oxygen atoms in total. The van der Waals surface area contributed by atoms with Crippen molar-refractivity contribution in [2.24, 2.45) is 10.9 Å². The fourth-order valence-corrected chi connectivity index (χ4v) is 0.792. The molecule has 0 radical (unpaired) electrons. The third-order valence-corrected chi connectivity index (χ3v) is 1.60. The summed E-state index contributed by atoms with van der Waals surface area (Å²) in [5, 5.41) is 15.9. The van der Waals surface area contributed by atoms with Crippen molar-refractivity contribution in [2.75, 3.05) is 27.2 Å². The first-order valence-electron chi connectivity index (χ1n) is 4.65. The van der Waals surface area contributed by atoms with Gasteiger partial charge in [-0.25, -0.2) is 4.79 Å². The largest absolute Gasteiger partial charge is 0.409 e. The average Bonchev–Trinajstić information content (AvgIpc) is 2.23. The van der Waals surface area contributed by atoms with Gasteiger partial charge in [-0.15, -0.1) is 0 Å². The molecule has 0 unspecified atom stereocenters. The Morgan fingerprint density at radius 2 is 1.88 bits per heavy atom. The normalized spacial score (nSPS) is 10.8. The van der Waals surface area contributed by atoms with Crippen LogP contribution < -0.4 is 16.4 Å². The van der Waals surface area contributed by atoms with Gasteiger partial charge in [-0.05, 0) is 0 Å². The smallest absolute Gasteiger partial charge is 0.316 e. The lowest BCUT2D eigenvalue weighted by atomic mass is 10.4. The van der Waals surface area contributed by atoms with Crippen LogP contribution in [0.2, 0.25) is 0 Å². The van der Waals surface area contributed by atoms with Gasteiger partial charge in [0.1, 0.15) is 5.84 Å². The first-order chi connectivity index (χ1) is 7.47. The molecule has 0 aromatic carbocycles. The lowest BCUT2D eigenvalue weighted by molar-refractivity contribution is -0.119. The quantitative estimate of drug-likeness (QED) is 0.151. The zero-order chi connectivity index (χ0) is 12.6. The predicted molar refractivity (Wildman–Crippen MR) is 58.1 cm³/mol. The van der Waals surface area contributed by atoms with E-state index in [1.165, 1.54) is 4.90 Å². The molecule has 0 spiro atoms. The molecule has 0 bridgehead atoms. The molecule has 0 aliphatic carbocycles. The third kappa shape index (κ3) is 6.46. The molecule has 0 aliphatic heterocycles. The number of carbonyl (C=O) groups excluding carboxylic acids is 2.